The van der Waals surface area contributed by atoms with E-state index in [0.717, 1.165) is 37.7 Å². The van der Waals surface area contributed by atoms with E-state index in [1.54, 1.807) is 9.80 Å². The van der Waals surface area contributed by atoms with Crippen molar-refractivity contribution in [3.63, 3.8) is 0 Å². The molecular weight excluding hydrogens is 508 g/mol. The van der Waals surface area contributed by atoms with E-state index in [0.29, 0.717) is 45.5 Å². The first kappa shape index (κ1) is 28.6. The maximum Gasteiger partial charge on any atom is 0.313 e. The largest absolute Gasteiger partial charge is 0.465 e. The standard InChI is InChI=1S/C32H42N2O6/c1-2-31-17-10-3-6-13-22-39-30(38)26(31)25-28(36)34(20-11-4-5-12-21-35)27-29(37)33(19-14-18-32(25,27)40-31)23-24-15-8-7-9-16-24/h7-10,14-18,25-27,35H,2-6,11-13,19-23H2,1H3/b17-10-/t25-,26+,27?,31-,32-/m0/s1. The lowest BCUT2D eigenvalue weighted by Crippen LogP contribution is -2.56. The van der Waals surface area contributed by atoms with E-state index in [9.17, 15) is 19.5 Å². The quantitative estimate of drug-likeness (QED) is 0.286. The van der Waals surface area contributed by atoms with Crippen molar-refractivity contribution in [2.45, 2.75) is 82.1 Å². The molecule has 4 aliphatic heterocycles. The number of rotatable bonds is 9. The lowest BCUT2D eigenvalue weighted by molar-refractivity contribution is -0.161. The van der Waals surface area contributed by atoms with Gasteiger partial charge in [-0.25, -0.2) is 0 Å². The van der Waals surface area contributed by atoms with Gasteiger partial charge >= 0.3 is 5.97 Å². The van der Waals surface area contributed by atoms with Crippen molar-refractivity contribution in [2.75, 3.05) is 26.3 Å². The highest BCUT2D eigenvalue weighted by molar-refractivity contribution is 5.99. The lowest BCUT2D eigenvalue weighted by Gasteiger charge is -2.38. The fourth-order valence-electron chi connectivity index (χ4n) is 7.02. The number of carbonyl (C=O) groups excluding carboxylic acids is 3. The van der Waals surface area contributed by atoms with E-state index in [2.05, 4.69) is 6.08 Å². The van der Waals surface area contributed by atoms with Crippen LogP contribution in [0.15, 0.2) is 54.6 Å². The molecule has 8 heteroatoms. The number of amides is 2. The molecule has 1 aromatic carbocycles. The number of aliphatic hydroxyl groups is 1. The number of benzene rings is 1. The fourth-order valence-corrected chi connectivity index (χ4v) is 7.02. The number of hydrogen-bond donors (Lipinski definition) is 1. The number of carbonyl (C=O) groups is 3. The Bertz CT molecular complexity index is 1140. The Kier molecular flexibility index (Phi) is 8.76. The van der Waals surface area contributed by atoms with Crippen LogP contribution in [-0.4, -0.2) is 76.2 Å². The summed E-state index contributed by atoms with van der Waals surface area (Å²) in [5, 5.41) is 9.17. The molecule has 5 atom stereocenters. The third kappa shape index (κ3) is 5.12. The number of hydrogen-bond acceptors (Lipinski definition) is 6. The summed E-state index contributed by atoms with van der Waals surface area (Å²) >= 11 is 0. The van der Waals surface area contributed by atoms with Crippen LogP contribution >= 0.6 is 0 Å². The minimum atomic E-state index is -1.26. The number of esters is 1. The van der Waals surface area contributed by atoms with Crippen LogP contribution < -0.4 is 0 Å². The summed E-state index contributed by atoms with van der Waals surface area (Å²) in [6.45, 7) is 3.63. The second-order valence-electron chi connectivity index (χ2n) is 11.5. The normalized spacial score (nSPS) is 32.8. The van der Waals surface area contributed by atoms with Crippen molar-refractivity contribution < 1.29 is 29.0 Å². The molecule has 40 heavy (non-hydrogen) atoms. The van der Waals surface area contributed by atoms with Gasteiger partial charge in [0.2, 0.25) is 11.8 Å². The van der Waals surface area contributed by atoms with E-state index in [1.807, 2.05) is 55.5 Å². The molecule has 0 bridgehead atoms. The summed E-state index contributed by atoms with van der Waals surface area (Å²) in [6, 6.07) is 8.97. The molecule has 1 unspecified atom stereocenters. The smallest absolute Gasteiger partial charge is 0.313 e. The highest BCUT2D eigenvalue weighted by Gasteiger charge is 2.75. The SMILES string of the molecule is CC[C@]12/C=C\CCCCOC(=O)[C@H]1[C@H]1C(=O)N(CCCCCCO)C3C(=O)N(Cc4ccccc4)CC=C[C@@]31O2. The zero-order chi connectivity index (χ0) is 28.2. The van der Waals surface area contributed by atoms with Gasteiger partial charge in [-0.15, -0.1) is 0 Å². The van der Waals surface area contributed by atoms with Crippen molar-refractivity contribution in [1.82, 2.24) is 9.80 Å². The van der Waals surface area contributed by atoms with Crippen LogP contribution in [0.3, 0.4) is 0 Å². The molecule has 8 nitrogen and oxygen atoms in total. The number of ether oxygens (including phenoxy) is 2. The van der Waals surface area contributed by atoms with Crippen LogP contribution in [0, 0.1) is 11.8 Å². The van der Waals surface area contributed by atoms with Crippen molar-refractivity contribution in [3.8, 4) is 0 Å². The first-order chi connectivity index (χ1) is 19.5. The van der Waals surface area contributed by atoms with Gasteiger partial charge < -0.3 is 24.4 Å². The Morgan fingerprint density at radius 1 is 0.950 bits per heavy atom. The maximum atomic E-state index is 14.4. The molecule has 0 aliphatic carbocycles. The van der Waals surface area contributed by atoms with Gasteiger partial charge in [-0.1, -0.05) is 74.4 Å². The molecule has 1 spiro atoms. The fraction of sp³-hybridized carbons (Fsp3) is 0.594. The molecule has 1 N–H and O–H groups in total. The van der Waals surface area contributed by atoms with Crippen LogP contribution in [0.25, 0.3) is 0 Å². The molecule has 2 amide bonds. The summed E-state index contributed by atoms with van der Waals surface area (Å²) in [6.07, 6.45) is 13.9. The van der Waals surface area contributed by atoms with Crippen molar-refractivity contribution in [1.29, 1.82) is 0 Å². The van der Waals surface area contributed by atoms with Gasteiger partial charge in [-0.05, 0) is 44.1 Å². The number of likely N-dealkylation sites (tertiary alicyclic amines) is 1. The second-order valence-corrected chi connectivity index (χ2v) is 11.5. The highest BCUT2D eigenvalue weighted by atomic mass is 16.6. The van der Waals surface area contributed by atoms with E-state index in [4.69, 9.17) is 9.47 Å². The average molecular weight is 551 g/mol. The second kappa shape index (κ2) is 12.3. The van der Waals surface area contributed by atoms with Gasteiger partial charge in [0.25, 0.3) is 0 Å². The Hall–Kier alpha value is -2.97. The van der Waals surface area contributed by atoms with Gasteiger partial charge in [0.15, 0.2) is 0 Å². The zero-order valence-corrected chi connectivity index (χ0v) is 23.5. The molecule has 2 saturated heterocycles. The van der Waals surface area contributed by atoms with Gasteiger partial charge in [0.05, 0.1) is 12.5 Å². The topological polar surface area (TPSA) is 96.4 Å². The number of cyclic esters (lactones) is 1. The number of fused-ring (bicyclic) bond motifs is 2. The molecule has 5 rings (SSSR count). The van der Waals surface area contributed by atoms with Crippen molar-refractivity contribution in [2.24, 2.45) is 11.8 Å². The molecule has 4 aliphatic rings. The Balaban J connectivity index is 1.55. The third-order valence-electron chi connectivity index (χ3n) is 8.99. The molecule has 0 aromatic heterocycles. The van der Waals surface area contributed by atoms with Crippen molar-refractivity contribution >= 4 is 17.8 Å². The lowest BCUT2D eigenvalue weighted by atomic mass is 9.73. The predicted molar refractivity (Wildman–Crippen MR) is 150 cm³/mol. The van der Waals surface area contributed by atoms with Crippen LogP contribution in [0.4, 0.5) is 0 Å². The molecular formula is C32H42N2O6. The summed E-state index contributed by atoms with van der Waals surface area (Å²) in [7, 11) is 0. The summed E-state index contributed by atoms with van der Waals surface area (Å²) in [5.74, 6) is -2.47. The monoisotopic (exact) mass is 550 g/mol. The zero-order valence-electron chi connectivity index (χ0n) is 23.5. The molecule has 0 saturated carbocycles. The molecule has 0 radical (unpaired) electrons. The Morgan fingerprint density at radius 3 is 2.52 bits per heavy atom. The van der Waals surface area contributed by atoms with Gasteiger partial charge in [-0.3, -0.25) is 14.4 Å². The number of unbranched alkanes of at least 4 members (excludes halogenated alkanes) is 3. The highest BCUT2D eigenvalue weighted by Crippen LogP contribution is 2.58. The summed E-state index contributed by atoms with van der Waals surface area (Å²) in [4.78, 5) is 46.0. The first-order valence-electron chi connectivity index (χ1n) is 14.9. The van der Waals surface area contributed by atoms with Gasteiger partial charge in [0, 0.05) is 26.2 Å². The number of aliphatic hydroxyl groups excluding tert-OH is 1. The Labute approximate surface area is 237 Å². The maximum absolute atomic E-state index is 14.4. The van der Waals surface area contributed by atoms with E-state index in [1.165, 1.54) is 0 Å². The predicted octanol–water partition coefficient (Wildman–Crippen LogP) is 3.78. The van der Waals surface area contributed by atoms with Gasteiger partial charge in [0.1, 0.15) is 23.2 Å². The van der Waals surface area contributed by atoms with Crippen molar-refractivity contribution in [3.05, 3.63) is 60.2 Å². The van der Waals surface area contributed by atoms with E-state index < -0.39 is 35.0 Å². The molecule has 1 aromatic rings. The van der Waals surface area contributed by atoms with Crippen LogP contribution in [-0.2, 0) is 30.4 Å². The van der Waals surface area contributed by atoms with E-state index in [-0.39, 0.29) is 18.4 Å². The summed E-state index contributed by atoms with van der Waals surface area (Å²) < 4.78 is 12.7. The summed E-state index contributed by atoms with van der Waals surface area (Å²) in [5.41, 5.74) is -1.28. The number of allylic oxidation sites excluding steroid dienone is 1. The van der Waals surface area contributed by atoms with E-state index >= 15 is 0 Å². The first-order valence-corrected chi connectivity index (χ1v) is 14.9. The molecule has 4 heterocycles. The molecule has 216 valence electrons. The average Bonchev–Trinajstić information content (AvgIpc) is 3.32. The van der Waals surface area contributed by atoms with Gasteiger partial charge in [-0.2, -0.15) is 0 Å². The Morgan fingerprint density at radius 2 is 1.75 bits per heavy atom. The minimum Gasteiger partial charge on any atom is -0.465 e. The molecule has 2 fully saturated rings. The minimum absolute atomic E-state index is 0.137. The van der Waals surface area contributed by atoms with Crippen LogP contribution in [0.2, 0.25) is 0 Å². The van der Waals surface area contributed by atoms with Crippen LogP contribution in [0.1, 0.15) is 63.9 Å². The van der Waals surface area contributed by atoms with Crippen LogP contribution in [0.5, 0.6) is 0 Å². The third-order valence-corrected chi connectivity index (χ3v) is 8.99. The number of nitrogens with zero attached hydrogens (tertiary/aromatic N) is 2.